The Morgan fingerprint density at radius 2 is 1.83 bits per heavy atom. The van der Waals surface area contributed by atoms with Crippen LogP contribution in [0.1, 0.15) is 0 Å². The standard InChI is InChI=1S/C15H14N2O3S3/c1-17-13-8-3-10(9-14(13)22-15(17)18)16-23(19,20)12-6-4-11(21-2)5-7-12/h3-9,16H,1-2H3. The average molecular weight is 366 g/mol. The lowest BCUT2D eigenvalue weighted by molar-refractivity contribution is 0.601. The van der Waals surface area contributed by atoms with Crippen LogP contribution in [0.5, 0.6) is 0 Å². The van der Waals surface area contributed by atoms with Crippen LogP contribution in [0.25, 0.3) is 10.2 Å². The molecule has 0 unspecified atom stereocenters. The quantitative estimate of drug-likeness (QED) is 0.721. The summed E-state index contributed by atoms with van der Waals surface area (Å²) in [7, 11) is -1.96. The Morgan fingerprint density at radius 3 is 2.48 bits per heavy atom. The maximum absolute atomic E-state index is 12.4. The Labute approximate surface area is 142 Å². The summed E-state index contributed by atoms with van der Waals surface area (Å²) in [6.07, 6.45) is 1.93. The van der Waals surface area contributed by atoms with Crippen LogP contribution in [0.15, 0.2) is 57.1 Å². The molecule has 1 N–H and O–H groups in total. The molecule has 0 aliphatic heterocycles. The fraction of sp³-hybridized carbons (Fsp3) is 0.133. The van der Waals surface area contributed by atoms with Gasteiger partial charge in [0.25, 0.3) is 10.0 Å². The molecule has 0 amide bonds. The molecule has 0 saturated heterocycles. The maximum Gasteiger partial charge on any atom is 0.307 e. The smallest absolute Gasteiger partial charge is 0.302 e. The van der Waals surface area contributed by atoms with Crippen molar-refractivity contribution in [1.29, 1.82) is 0 Å². The molecule has 0 radical (unpaired) electrons. The van der Waals surface area contributed by atoms with Gasteiger partial charge in [0, 0.05) is 11.9 Å². The van der Waals surface area contributed by atoms with Crippen LogP contribution in [0.2, 0.25) is 0 Å². The summed E-state index contributed by atoms with van der Waals surface area (Å²) in [4.78, 5) is 12.8. The predicted octanol–water partition coefficient (Wildman–Crippen LogP) is 3.12. The van der Waals surface area contributed by atoms with Gasteiger partial charge in [-0.15, -0.1) is 11.8 Å². The molecule has 5 nitrogen and oxygen atoms in total. The third-order valence-corrected chi connectivity index (χ3v) is 6.55. The van der Waals surface area contributed by atoms with E-state index in [-0.39, 0.29) is 9.77 Å². The second-order valence-corrected chi connectivity index (χ2v) is 8.45. The van der Waals surface area contributed by atoms with E-state index in [1.807, 2.05) is 6.26 Å². The molecule has 0 spiro atoms. The van der Waals surface area contributed by atoms with Crippen molar-refractivity contribution < 1.29 is 8.42 Å². The van der Waals surface area contributed by atoms with E-state index in [1.165, 1.54) is 0 Å². The van der Waals surface area contributed by atoms with E-state index in [9.17, 15) is 13.2 Å². The third-order valence-electron chi connectivity index (χ3n) is 3.41. The number of aryl methyl sites for hydroxylation is 1. The van der Waals surface area contributed by atoms with Crippen molar-refractivity contribution in [3.05, 3.63) is 52.1 Å². The predicted molar refractivity (Wildman–Crippen MR) is 96.1 cm³/mol. The van der Waals surface area contributed by atoms with Crippen molar-refractivity contribution in [2.45, 2.75) is 9.79 Å². The Morgan fingerprint density at radius 1 is 1.13 bits per heavy atom. The van der Waals surface area contributed by atoms with Gasteiger partial charge in [-0.25, -0.2) is 8.42 Å². The van der Waals surface area contributed by atoms with E-state index in [0.717, 1.165) is 26.4 Å². The van der Waals surface area contributed by atoms with Crippen LogP contribution in [0, 0.1) is 0 Å². The lowest BCUT2D eigenvalue weighted by Gasteiger charge is -2.08. The fourth-order valence-corrected chi connectivity index (χ4v) is 4.54. The topological polar surface area (TPSA) is 68.2 Å². The highest BCUT2D eigenvalue weighted by Gasteiger charge is 2.15. The fourth-order valence-electron chi connectivity index (χ4n) is 2.17. The number of aromatic nitrogens is 1. The largest absolute Gasteiger partial charge is 0.307 e. The molecular weight excluding hydrogens is 352 g/mol. The van der Waals surface area contributed by atoms with E-state index in [2.05, 4.69) is 4.72 Å². The molecule has 8 heteroatoms. The van der Waals surface area contributed by atoms with Gasteiger partial charge in [-0.1, -0.05) is 11.3 Å². The molecule has 0 saturated carbocycles. The second-order valence-electron chi connectivity index (χ2n) is 4.89. The van der Waals surface area contributed by atoms with Crippen LogP contribution in [-0.4, -0.2) is 19.2 Å². The summed E-state index contributed by atoms with van der Waals surface area (Å²) < 4.78 is 29.7. The van der Waals surface area contributed by atoms with Crippen LogP contribution in [0.4, 0.5) is 5.69 Å². The molecular formula is C15H14N2O3S3. The van der Waals surface area contributed by atoms with Crippen molar-refractivity contribution in [1.82, 2.24) is 4.57 Å². The molecule has 0 bridgehead atoms. The first-order valence-electron chi connectivity index (χ1n) is 6.67. The Kier molecular flexibility index (Phi) is 4.22. The highest BCUT2D eigenvalue weighted by Crippen LogP contribution is 2.24. The summed E-state index contributed by atoms with van der Waals surface area (Å²) in [6, 6.07) is 11.8. The Balaban J connectivity index is 1.94. The van der Waals surface area contributed by atoms with Crippen LogP contribution in [0.3, 0.4) is 0 Å². The van der Waals surface area contributed by atoms with E-state index in [0.29, 0.717) is 5.69 Å². The molecule has 120 valence electrons. The average Bonchev–Trinajstić information content (AvgIpc) is 2.81. The van der Waals surface area contributed by atoms with Crippen LogP contribution < -0.4 is 9.60 Å². The molecule has 3 rings (SSSR count). The number of fused-ring (bicyclic) bond motifs is 1. The number of benzene rings is 2. The number of thiazole rings is 1. The zero-order valence-electron chi connectivity index (χ0n) is 12.4. The van der Waals surface area contributed by atoms with Crippen molar-refractivity contribution >= 4 is 49.0 Å². The molecule has 0 aliphatic rings. The SMILES string of the molecule is CSc1ccc(S(=O)(=O)Nc2ccc3c(c2)sc(=O)n3C)cc1. The van der Waals surface area contributed by atoms with Gasteiger partial charge in [0.2, 0.25) is 0 Å². The van der Waals surface area contributed by atoms with Crippen molar-refractivity contribution in [2.24, 2.45) is 7.05 Å². The first kappa shape index (κ1) is 16.1. The molecule has 23 heavy (non-hydrogen) atoms. The Bertz CT molecular complexity index is 1020. The maximum atomic E-state index is 12.4. The highest BCUT2D eigenvalue weighted by molar-refractivity contribution is 7.98. The zero-order chi connectivity index (χ0) is 16.6. The zero-order valence-corrected chi connectivity index (χ0v) is 14.9. The van der Waals surface area contributed by atoms with Crippen molar-refractivity contribution in [3.8, 4) is 0 Å². The van der Waals surface area contributed by atoms with Gasteiger partial charge in [-0.2, -0.15) is 0 Å². The molecule has 0 fully saturated rings. The molecule has 1 heterocycles. The highest BCUT2D eigenvalue weighted by atomic mass is 32.2. The minimum Gasteiger partial charge on any atom is -0.302 e. The summed E-state index contributed by atoms with van der Waals surface area (Å²) in [5.41, 5.74) is 1.22. The van der Waals surface area contributed by atoms with E-state index < -0.39 is 10.0 Å². The van der Waals surface area contributed by atoms with Crippen LogP contribution in [-0.2, 0) is 17.1 Å². The monoisotopic (exact) mass is 366 g/mol. The van der Waals surface area contributed by atoms with Crippen LogP contribution >= 0.6 is 23.1 Å². The number of nitrogens with one attached hydrogen (secondary N) is 1. The van der Waals surface area contributed by atoms with Gasteiger partial charge in [-0.3, -0.25) is 9.52 Å². The number of hydrogen-bond acceptors (Lipinski definition) is 5. The van der Waals surface area contributed by atoms with E-state index in [1.54, 1.807) is 65.8 Å². The normalized spacial score (nSPS) is 11.7. The number of anilines is 1. The molecule has 0 atom stereocenters. The van der Waals surface area contributed by atoms with Gasteiger partial charge in [-0.05, 0) is 48.7 Å². The summed E-state index contributed by atoms with van der Waals surface area (Å²) in [5, 5.41) is 0. The number of sulfonamides is 1. The third kappa shape index (κ3) is 3.15. The van der Waals surface area contributed by atoms with Crippen molar-refractivity contribution in [2.75, 3.05) is 11.0 Å². The number of rotatable bonds is 4. The molecule has 2 aromatic carbocycles. The van der Waals surface area contributed by atoms with Gasteiger partial charge in [0.1, 0.15) is 0 Å². The lowest BCUT2D eigenvalue weighted by Crippen LogP contribution is -2.12. The molecule has 0 aliphatic carbocycles. The molecule has 3 aromatic rings. The first-order chi connectivity index (χ1) is 10.9. The second kappa shape index (κ2) is 6.03. The lowest BCUT2D eigenvalue weighted by atomic mass is 10.3. The van der Waals surface area contributed by atoms with Gasteiger partial charge >= 0.3 is 4.87 Å². The molecule has 1 aromatic heterocycles. The number of thioether (sulfide) groups is 1. The number of hydrogen-bond donors (Lipinski definition) is 1. The summed E-state index contributed by atoms with van der Waals surface area (Å²) in [5.74, 6) is 0. The minimum atomic E-state index is -3.65. The van der Waals surface area contributed by atoms with E-state index in [4.69, 9.17) is 0 Å². The van der Waals surface area contributed by atoms with Crippen molar-refractivity contribution in [3.63, 3.8) is 0 Å². The Hall–Kier alpha value is -1.77. The minimum absolute atomic E-state index is 0.0762. The van der Waals surface area contributed by atoms with E-state index >= 15 is 0 Å². The van der Waals surface area contributed by atoms with Gasteiger partial charge in [0.05, 0.1) is 20.8 Å². The first-order valence-corrected chi connectivity index (χ1v) is 10.2. The van der Waals surface area contributed by atoms with Gasteiger partial charge < -0.3 is 4.57 Å². The summed E-state index contributed by atoms with van der Waals surface area (Å²) in [6.45, 7) is 0. The summed E-state index contributed by atoms with van der Waals surface area (Å²) >= 11 is 2.64. The number of nitrogens with zero attached hydrogens (tertiary/aromatic N) is 1. The van der Waals surface area contributed by atoms with Gasteiger partial charge in [0.15, 0.2) is 0 Å².